The highest BCUT2D eigenvalue weighted by Gasteiger charge is 2.27. The Balaban J connectivity index is 1.59. The molecule has 1 saturated heterocycles. The van der Waals surface area contributed by atoms with Gasteiger partial charge in [0.15, 0.2) is 5.78 Å². The number of halogens is 2. The van der Waals surface area contributed by atoms with Crippen LogP contribution >= 0.6 is 11.3 Å². The van der Waals surface area contributed by atoms with E-state index in [-0.39, 0.29) is 12.3 Å². The average Bonchev–Trinajstić information content (AvgIpc) is 3.10. The first-order chi connectivity index (χ1) is 11.6. The maximum atomic E-state index is 13.7. The predicted octanol–water partition coefficient (Wildman–Crippen LogP) is 2.67. The molecule has 0 spiro atoms. The molecule has 2 heterocycles. The van der Waals surface area contributed by atoms with Crippen molar-refractivity contribution in [3.8, 4) is 0 Å². The summed E-state index contributed by atoms with van der Waals surface area (Å²) in [6.07, 6.45) is 0. The molecule has 24 heavy (non-hydrogen) atoms. The van der Waals surface area contributed by atoms with Gasteiger partial charge in [-0.2, -0.15) is 0 Å². The van der Waals surface area contributed by atoms with E-state index in [4.69, 9.17) is 0 Å². The van der Waals surface area contributed by atoms with Crippen molar-refractivity contribution in [3.63, 3.8) is 0 Å². The number of carbonyl (C=O) groups excluding carboxylic acids is 2. The first kappa shape index (κ1) is 16.7. The van der Waals surface area contributed by atoms with E-state index in [2.05, 4.69) is 0 Å². The van der Waals surface area contributed by atoms with E-state index in [1.54, 1.807) is 6.07 Å². The largest absolute Gasteiger partial charge is 0.336 e. The Hall–Kier alpha value is -2.12. The van der Waals surface area contributed by atoms with Crippen molar-refractivity contribution in [3.05, 3.63) is 57.8 Å². The number of nitrogens with zero attached hydrogens (tertiary/aromatic N) is 2. The standard InChI is InChI=1S/C17H16F2N2O2S/c18-12-3-1-4-13(19)16(12)17(23)21-8-6-20(7-9-21)11-14(22)15-5-2-10-24-15/h1-5,10H,6-9,11H2. The number of hydrogen-bond acceptors (Lipinski definition) is 4. The molecule has 126 valence electrons. The van der Waals surface area contributed by atoms with Gasteiger partial charge in [-0.3, -0.25) is 14.5 Å². The molecule has 1 aliphatic heterocycles. The summed E-state index contributed by atoms with van der Waals surface area (Å²) in [7, 11) is 0. The number of benzene rings is 1. The van der Waals surface area contributed by atoms with Crippen LogP contribution < -0.4 is 0 Å². The number of piperazine rings is 1. The van der Waals surface area contributed by atoms with Crippen molar-refractivity contribution in [2.75, 3.05) is 32.7 Å². The van der Waals surface area contributed by atoms with Crippen molar-refractivity contribution in [2.45, 2.75) is 0 Å². The summed E-state index contributed by atoms with van der Waals surface area (Å²) in [5.74, 6) is -2.30. The number of thiophene rings is 1. The second kappa shape index (κ2) is 7.19. The molecule has 0 atom stereocenters. The van der Waals surface area contributed by atoms with E-state index in [9.17, 15) is 18.4 Å². The maximum absolute atomic E-state index is 13.7. The second-order valence-electron chi connectivity index (χ2n) is 5.57. The summed E-state index contributed by atoms with van der Waals surface area (Å²) in [5.41, 5.74) is -0.513. The fourth-order valence-corrected chi connectivity index (χ4v) is 3.34. The van der Waals surface area contributed by atoms with Crippen LogP contribution in [0, 0.1) is 11.6 Å². The van der Waals surface area contributed by atoms with Crippen LogP contribution in [-0.4, -0.2) is 54.2 Å². The molecule has 0 N–H and O–H groups in total. The summed E-state index contributed by atoms with van der Waals surface area (Å²) in [6, 6.07) is 7.00. The van der Waals surface area contributed by atoms with Gasteiger partial charge in [-0.1, -0.05) is 12.1 Å². The van der Waals surface area contributed by atoms with Crippen molar-refractivity contribution in [2.24, 2.45) is 0 Å². The topological polar surface area (TPSA) is 40.6 Å². The second-order valence-corrected chi connectivity index (χ2v) is 6.51. The zero-order valence-electron chi connectivity index (χ0n) is 12.9. The summed E-state index contributed by atoms with van der Waals surface area (Å²) in [4.78, 5) is 28.5. The number of carbonyl (C=O) groups is 2. The lowest BCUT2D eigenvalue weighted by molar-refractivity contribution is 0.0616. The Morgan fingerprint density at radius 3 is 2.25 bits per heavy atom. The summed E-state index contributed by atoms with van der Waals surface area (Å²) in [5, 5.41) is 1.85. The molecule has 1 amide bonds. The van der Waals surface area contributed by atoms with Crippen LogP contribution in [0.1, 0.15) is 20.0 Å². The summed E-state index contributed by atoms with van der Waals surface area (Å²) >= 11 is 1.40. The van der Waals surface area contributed by atoms with Crippen LogP contribution in [0.15, 0.2) is 35.7 Å². The van der Waals surface area contributed by atoms with E-state index in [1.807, 2.05) is 16.3 Å². The van der Waals surface area contributed by atoms with Gasteiger partial charge in [0.25, 0.3) is 5.91 Å². The van der Waals surface area contributed by atoms with E-state index in [0.717, 1.165) is 12.1 Å². The molecule has 0 saturated carbocycles. The Morgan fingerprint density at radius 1 is 1.00 bits per heavy atom. The van der Waals surface area contributed by atoms with Crippen molar-refractivity contribution < 1.29 is 18.4 Å². The number of amides is 1. The van der Waals surface area contributed by atoms with Crippen molar-refractivity contribution in [1.82, 2.24) is 9.80 Å². The summed E-state index contributed by atoms with van der Waals surface area (Å²) in [6.45, 7) is 1.96. The molecule has 0 aliphatic carbocycles. The van der Waals surface area contributed by atoms with Gasteiger partial charge in [-0.15, -0.1) is 11.3 Å². The quantitative estimate of drug-likeness (QED) is 0.796. The molecule has 1 aliphatic rings. The SMILES string of the molecule is O=C(CN1CCN(C(=O)c2c(F)cccc2F)CC1)c1cccs1. The zero-order valence-corrected chi connectivity index (χ0v) is 13.7. The fourth-order valence-electron chi connectivity index (χ4n) is 2.69. The average molecular weight is 350 g/mol. The number of rotatable bonds is 4. The van der Waals surface area contributed by atoms with E-state index < -0.39 is 23.1 Å². The molecule has 4 nitrogen and oxygen atoms in total. The minimum Gasteiger partial charge on any atom is -0.336 e. The smallest absolute Gasteiger partial charge is 0.259 e. The van der Waals surface area contributed by atoms with Crippen LogP contribution in [0.5, 0.6) is 0 Å². The van der Waals surface area contributed by atoms with Crippen molar-refractivity contribution in [1.29, 1.82) is 0 Å². The Bertz CT molecular complexity index is 721. The lowest BCUT2D eigenvalue weighted by Gasteiger charge is -2.34. The van der Waals surface area contributed by atoms with Crippen LogP contribution in [0.4, 0.5) is 8.78 Å². The Kier molecular flexibility index (Phi) is 5.01. The number of ketones is 1. The molecule has 1 aromatic heterocycles. The lowest BCUT2D eigenvalue weighted by atomic mass is 10.1. The highest BCUT2D eigenvalue weighted by atomic mass is 32.1. The normalized spacial score (nSPS) is 15.5. The molecule has 1 fully saturated rings. The Morgan fingerprint density at radius 2 is 1.67 bits per heavy atom. The van der Waals surface area contributed by atoms with Gasteiger partial charge in [0.1, 0.15) is 17.2 Å². The lowest BCUT2D eigenvalue weighted by Crippen LogP contribution is -2.50. The molecule has 3 rings (SSSR count). The first-order valence-electron chi connectivity index (χ1n) is 7.58. The van der Waals surface area contributed by atoms with Crippen LogP contribution in [0.3, 0.4) is 0 Å². The van der Waals surface area contributed by atoms with Gasteiger partial charge in [0, 0.05) is 26.2 Å². The van der Waals surface area contributed by atoms with Gasteiger partial charge in [-0.25, -0.2) is 8.78 Å². The van der Waals surface area contributed by atoms with Crippen LogP contribution in [0.25, 0.3) is 0 Å². The maximum Gasteiger partial charge on any atom is 0.259 e. The number of hydrogen-bond donors (Lipinski definition) is 0. The zero-order chi connectivity index (χ0) is 17.1. The minimum atomic E-state index is -0.852. The van der Waals surface area contributed by atoms with Crippen LogP contribution in [0.2, 0.25) is 0 Å². The molecular formula is C17H16F2N2O2S. The molecule has 0 bridgehead atoms. The summed E-state index contributed by atoms with van der Waals surface area (Å²) < 4.78 is 27.4. The van der Waals surface area contributed by atoms with Gasteiger partial charge in [0.05, 0.1) is 11.4 Å². The molecule has 0 radical (unpaired) electrons. The Labute approximate surface area is 142 Å². The van der Waals surface area contributed by atoms with Gasteiger partial charge in [-0.05, 0) is 23.6 Å². The predicted molar refractivity (Wildman–Crippen MR) is 87.4 cm³/mol. The minimum absolute atomic E-state index is 0.0462. The highest BCUT2D eigenvalue weighted by molar-refractivity contribution is 7.12. The third-order valence-electron chi connectivity index (χ3n) is 4.00. The van der Waals surface area contributed by atoms with Crippen molar-refractivity contribution >= 4 is 23.0 Å². The van der Waals surface area contributed by atoms with Gasteiger partial charge >= 0.3 is 0 Å². The molecule has 0 unspecified atom stereocenters. The third-order valence-corrected chi connectivity index (χ3v) is 4.91. The van der Waals surface area contributed by atoms with Gasteiger partial charge < -0.3 is 4.90 Å². The van der Waals surface area contributed by atoms with E-state index in [1.165, 1.54) is 22.3 Å². The number of Topliss-reactive ketones (excluding diaryl/α,β-unsaturated/α-hetero) is 1. The van der Waals surface area contributed by atoms with Crippen LogP contribution in [-0.2, 0) is 0 Å². The van der Waals surface area contributed by atoms with E-state index in [0.29, 0.717) is 31.1 Å². The first-order valence-corrected chi connectivity index (χ1v) is 8.46. The van der Waals surface area contributed by atoms with Gasteiger partial charge in [0.2, 0.25) is 0 Å². The highest BCUT2D eigenvalue weighted by Crippen LogP contribution is 2.17. The van der Waals surface area contributed by atoms with E-state index >= 15 is 0 Å². The molecule has 2 aromatic rings. The third kappa shape index (κ3) is 3.52. The fraction of sp³-hybridized carbons (Fsp3) is 0.294. The molecule has 1 aromatic carbocycles. The monoisotopic (exact) mass is 350 g/mol. The molecule has 7 heteroatoms. The molecular weight excluding hydrogens is 334 g/mol.